The van der Waals surface area contributed by atoms with Crippen molar-refractivity contribution in [1.29, 1.82) is 0 Å². The molecule has 112 valence electrons. The number of nitrogens with two attached hydrogens (primary N) is 1. The quantitative estimate of drug-likeness (QED) is 0.847. The molecule has 0 saturated heterocycles. The maximum atomic E-state index is 12.0. The topological polar surface area (TPSA) is 55.1 Å². The molecule has 1 amide bonds. The molecule has 1 saturated carbocycles. The Hall–Kier alpha value is -0.870. The Bertz CT molecular complexity index is 455. The maximum Gasteiger partial charge on any atom is 0.220 e. The molecule has 0 aliphatic heterocycles. The number of nitrogens with one attached hydrogen (secondary N) is 1. The molecule has 1 aliphatic carbocycles. The van der Waals surface area contributed by atoms with E-state index in [0.29, 0.717) is 24.9 Å². The highest BCUT2D eigenvalue weighted by molar-refractivity contribution is 7.12. The fourth-order valence-electron chi connectivity index (χ4n) is 3.16. The summed E-state index contributed by atoms with van der Waals surface area (Å²) in [5.41, 5.74) is 7.15. The van der Waals surface area contributed by atoms with Gasteiger partial charge in [0.25, 0.3) is 0 Å². The summed E-state index contributed by atoms with van der Waals surface area (Å²) in [5, 5.41) is 3.17. The molecule has 1 aromatic heterocycles. The minimum atomic E-state index is 0.194. The van der Waals surface area contributed by atoms with Gasteiger partial charge in [-0.3, -0.25) is 4.79 Å². The van der Waals surface area contributed by atoms with Crippen LogP contribution >= 0.6 is 11.3 Å². The van der Waals surface area contributed by atoms with Gasteiger partial charge in [-0.2, -0.15) is 0 Å². The summed E-state index contributed by atoms with van der Waals surface area (Å²) in [6.07, 6.45) is 6.02. The highest BCUT2D eigenvalue weighted by Crippen LogP contribution is 2.25. The molecule has 20 heavy (non-hydrogen) atoms. The SMILES string of the molecule is Cc1cc(CCCC(=O)NC2CCCC2CN)c(C)s1. The van der Waals surface area contributed by atoms with Crippen LogP contribution in [-0.2, 0) is 11.2 Å². The molecular weight excluding hydrogens is 268 g/mol. The lowest BCUT2D eigenvalue weighted by Gasteiger charge is -2.19. The molecule has 1 aliphatic rings. The average Bonchev–Trinajstić information content (AvgIpc) is 2.96. The Balaban J connectivity index is 1.71. The zero-order valence-corrected chi connectivity index (χ0v) is 13.4. The minimum Gasteiger partial charge on any atom is -0.353 e. The van der Waals surface area contributed by atoms with Crippen LogP contribution in [0.15, 0.2) is 6.07 Å². The third kappa shape index (κ3) is 4.06. The second kappa shape index (κ2) is 7.23. The van der Waals surface area contributed by atoms with Crippen molar-refractivity contribution >= 4 is 17.2 Å². The van der Waals surface area contributed by atoms with E-state index in [-0.39, 0.29) is 5.91 Å². The summed E-state index contributed by atoms with van der Waals surface area (Å²) in [6, 6.07) is 2.57. The molecule has 2 atom stereocenters. The Morgan fingerprint density at radius 1 is 1.45 bits per heavy atom. The Kier molecular flexibility index (Phi) is 5.61. The largest absolute Gasteiger partial charge is 0.353 e. The molecule has 0 spiro atoms. The van der Waals surface area contributed by atoms with Crippen molar-refractivity contribution in [2.75, 3.05) is 6.54 Å². The highest BCUT2D eigenvalue weighted by Gasteiger charge is 2.26. The number of aryl methyl sites for hydroxylation is 3. The molecular formula is C16H26N2OS. The van der Waals surface area contributed by atoms with Crippen molar-refractivity contribution in [2.45, 2.75) is 58.4 Å². The van der Waals surface area contributed by atoms with Gasteiger partial charge in [0.2, 0.25) is 5.91 Å². The molecule has 2 unspecified atom stereocenters. The van der Waals surface area contributed by atoms with E-state index in [1.54, 1.807) is 0 Å². The number of thiophene rings is 1. The lowest BCUT2D eigenvalue weighted by molar-refractivity contribution is -0.122. The van der Waals surface area contributed by atoms with Gasteiger partial charge in [-0.15, -0.1) is 11.3 Å². The summed E-state index contributed by atoms with van der Waals surface area (Å²) < 4.78 is 0. The predicted molar refractivity (Wildman–Crippen MR) is 85.1 cm³/mol. The lowest BCUT2D eigenvalue weighted by atomic mass is 10.0. The molecule has 0 bridgehead atoms. The maximum absolute atomic E-state index is 12.0. The first-order valence-corrected chi connectivity index (χ1v) is 8.47. The molecule has 3 N–H and O–H groups in total. The van der Waals surface area contributed by atoms with Gasteiger partial charge >= 0.3 is 0 Å². The zero-order chi connectivity index (χ0) is 14.5. The van der Waals surface area contributed by atoms with Gasteiger partial charge in [0.05, 0.1) is 0 Å². The number of hydrogen-bond acceptors (Lipinski definition) is 3. The molecule has 0 aromatic carbocycles. The molecule has 3 nitrogen and oxygen atoms in total. The number of amides is 1. The van der Waals surface area contributed by atoms with Crippen LogP contribution in [0.2, 0.25) is 0 Å². The van der Waals surface area contributed by atoms with Crippen molar-refractivity contribution in [1.82, 2.24) is 5.32 Å². The van der Waals surface area contributed by atoms with Crippen LogP contribution in [0, 0.1) is 19.8 Å². The smallest absolute Gasteiger partial charge is 0.220 e. The van der Waals surface area contributed by atoms with Gasteiger partial charge < -0.3 is 11.1 Å². The van der Waals surface area contributed by atoms with Crippen molar-refractivity contribution < 1.29 is 4.79 Å². The summed E-state index contributed by atoms with van der Waals surface area (Å²) in [6.45, 7) is 5.00. The summed E-state index contributed by atoms with van der Waals surface area (Å²) in [7, 11) is 0. The van der Waals surface area contributed by atoms with E-state index in [2.05, 4.69) is 25.2 Å². The van der Waals surface area contributed by atoms with Gasteiger partial charge in [-0.1, -0.05) is 6.42 Å². The number of rotatable bonds is 6. The Morgan fingerprint density at radius 3 is 2.90 bits per heavy atom. The first-order chi connectivity index (χ1) is 9.60. The Morgan fingerprint density at radius 2 is 2.25 bits per heavy atom. The number of hydrogen-bond donors (Lipinski definition) is 2. The van der Waals surface area contributed by atoms with E-state index in [0.717, 1.165) is 25.7 Å². The van der Waals surface area contributed by atoms with Gasteiger partial charge in [0.1, 0.15) is 0 Å². The fraction of sp³-hybridized carbons (Fsp3) is 0.688. The molecule has 0 radical (unpaired) electrons. The molecule has 4 heteroatoms. The van der Waals surface area contributed by atoms with E-state index < -0.39 is 0 Å². The third-order valence-corrected chi connectivity index (χ3v) is 5.31. The average molecular weight is 294 g/mol. The fourth-order valence-corrected chi connectivity index (χ4v) is 4.14. The first-order valence-electron chi connectivity index (χ1n) is 7.65. The summed E-state index contributed by atoms with van der Waals surface area (Å²) in [5.74, 6) is 0.681. The normalized spacial score (nSPS) is 22.1. The lowest BCUT2D eigenvalue weighted by Crippen LogP contribution is -2.39. The molecule has 1 heterocycles. The second-order valence-electron chi connectivity index (χ2n) is 5.89. The molecule has 1 aromatic rings. The van der Waals surface area contributed by atoms with Crippen molar-refractivity contribution in [2.24, 2.45) is 11.7 Å². The standard InChI is InChI=1S/C16H26N2OS/c1-11-9-13(12(2)20-11)5-4-8-16(19)18-15-7-3-6-14(15)10-17/h9,14-15H,3-8,10,17H2,1-2H3,(H,18,19). The Labute approximate surface area is 125 Å². The van der Waals surface area contributed by atoms with Crippen LogP contribution in [0.3, 0.4) is 0 Å². The third-order valence-electron chi connectivity index (χ3n) is 4.30. The van der Waals surface area contributed by atoms with Crippen molar-refractivity contribution in [3.05, 3.63) is 21.4 Å². The van der Waals surface area contributed by atoms with Crippen LogP contribution in [-0.4, -0.2) is 18.5 Å². The van der Waals surface area contributed by atoms with Crippen LogP contribution in [0.1, 0.15) is 47.4 Å². The van der Waals surface area contributed by atoms with Crippen LogP contribution in [0.25, 0.3) is 0 Å². The summed E-state index contributed by atoms with van der Waals surface area (Å²) in [4.78, 5) is 14.7. The number of carbonyl (C=O) groups excluding carboxylic acids is 1. The van der Waals surface area contributed by atoms with Gasteiger partial charge in [-0.25, -0.2) is 0 Å². The van der Waals surface area contributed by atoms with E-state index in [1.807, 2.05) is 11.3 Å². The van der Waals surface area contributed by atoms with Crippen molar-refractivity contribution in [3.8, 4) is 0 Å². The molecule has 2 rings (SSSR count). The van der Waals surface area contributed by atoms with Crippen LogP contribution in [0.4, 0.5) is 0 Å². The van der Waals surface area contributed by atoms with Crippen LogP contribution < -0.4 is 11.1 Å². The minimum absolute atomic E-state index is 0.194. The predicted octanol–water partition coefficient (Wildman–Crippen LogP) is 2.93. The van der Waals surface area contributed by atoms with E-state index in [9.17, 15) is 4.79 Å². The number of carbonyl (C=O) groups is 1. The van der Waals surface area contributed by atoms with E-state index in [1.165, 1.54) is 21.7 Å². The van der Waals surface area contributed by atoms with Gasteiger partial charge in [-0.05, 0) is 63.6 Å². The van der Waals surface area contributed by atoms with Crippen molar-refractivity contribution in [3.63, 3.8) is 0 Å². The van der Waals surface area contributed by atoms with Gasteiger partial charge in [0.15, 0.2) is 0 Å². The van der Waals surface area contributed by atoms with E-state index in [4.69, 9.17) is 5.73 Å². The van der Waals surface area contributed by atoms with Crippen LogP contribution in [0.5, 0.6) is 0 Å². The first kappa shape index (κ1) is 15.5. The van der Waals surface area contributed by atoms with Gasteiger partial charge in [0, 0.05) is 22.2 Å². The zero-order valence-electron chi connectivity index (χ0n) is 12.6. The highest BCUT2D eigenvalue weighted by atomic mass is 32.1. The van der Waals surface area contributed by atoms with E-state index >= 15 is 0 Å². The second-order valence-corrected chi connectivity index (χ2v) is 7.35. The monoisotopic (exact) mass is 294 g/mol. The summed E-state index contributed by atoms with van der Waals surface area (Å²) >= 11 is 1.84. The molecule has 1 fully saturated rings.